The van der Waals surface area contributed by atoms with Crippen LogP contribution in [0, 0.1) is 5.92 Å². The molecule has 1 aromatic rings. The minimum absolute atomic E-state index is 0.0339. The van der Waals surface area contributed by atoms with E-state index < -0.39 is 0 Å². The summed E-state index contributed by atoms with van der Waals surface area (Å²) in [6.45, 7) is 7.91. The van der Waals surface area contributed by atoms with Crippen LogP contribution in [-0.2, 0) is 9.53 Å². The maximum Gasteiger partial charge on any atom is 0.237 e. The topological polar surface area (TPSA) is 68.8 Å². The first-order chi connectivity index (χ1) is 12.0. The first-order valence-corrected chi connectivity index (χ1v) is 9.08. The first-order valence-electron chi connectivity index (χ1n) is 9.08. The number of amides is 1. The monoisotopic (exact) mass is 348 g/mol. The Morgan fingerprint density at radius 1 is 1.12 bits per heavy atom. The number of fused-ring (bicyclic) bond motifs is 1. The summed E-state index contributed by atoms with van der Waals surface area (Å²) in [5.74, 6) is 1.74. The number of hydrogen-bond donors (Lipinski definition) is 2. The highest BCUT2D eigenvalue weighted by Crippen LogP contribution is 2.34. The zero-order valence-corrected chi connectivity index (χ0v) is 15.2. The molecule has 1 amide bonds. The average Bonchev–Trinajstić information content (AvgIpc) is 3.07. The lowest BCUT2D eigenvalue weighted by molar-refractivity contribution is -0.125. The molecule has 0 aromatic heterocycles. The Balaban J connectivity index is 1.61. The molecule has 1 aromatic carbocycles. The normalized spacial score (nSPS) is 19.7. The molecule has 0 bridgehead atoms. The molecule has 2 aliphatic heterocycles. The van der Waals surface area contributed by atoms with Crippen molar-refractivity contribution in [1.82, 2.24) is 10.6 Å². The van der Waals surface area contributed by atoms with Gasteiger partial charge in [0.1, 0.15) is 0 Å². The lowest BCUT2D eigenvalue weighted by Gasteiger charge is -2.30. The van der Waals surface area contributed by atoms with E-state index in [9.17, 15) is 4.79 Å². The van der Waals surface area contributed by atoms with E-state index in [1.54, 1.807) is 0 Å². The van der Waals surface area contributed by atoms with Crippen molar-refractivity contribution in [3.05, 3.63) is 23.8 Å². The molecule has 6 nitrogen and oxygen atoms in total. The Morgan fingerprint density at radius 3 is 2.56 bits per heavy atom. The summed E-state index contributed by atoms with van der Waals surface area (Å²) in [5.41, 5.74) is 1.01. The lowest BCUT2D eigenvalue weighted by Crippen LogP contribution is -2.52. The highest BCUT2D eigenvalue weighted by Gasteiger charge is 2.27. The Labute approximate surface area is 149 Å². The van der Waals surface area contributed by atoms with E-state index in [2.05, 4.69) is 24.5 Å². The molecule has 0 spiro atoms. The number of carbonyl (C=O) groups excluding carboxylic acids is 1. The highest BCUT2D eigenvalue weighted by molar-refractivity contribution is 5.82. The van der Waals surface area contributed by atoms with Crippen molar-refractivity contribution in [2.45, 2.75) is 51.7 Å². The summed E-state index contributed by atoms with van der Waals surface area (Å²) in [6.07, 6.45) is 1.91. The van der Waals surface area contributed by atoms with Crippen LogP contribution in [0.25, 0.3) is 0 Å². The predicted molar refractivity (Wildman–Crippen MR) is 94.7 cm³/mol. The molecule has 6 heteroatoms. The lowest BCUT2D eigenvalue weighted by atomic mass is 9.99. The van der Waals surface area contributed by atoms with Gasteiger partial charge in [0, 0.05) is 19.3 Å². The number of carbonyl (C=O) groups is 1. The zero-order chi connectivity index (χ0) is 17.8. The van der Waals surface area contributed by atoms with Gasteiger partial charge in [-0.25, -0.2) is 0 Å². The van der Waals surface area contributed by atoms with Gasteiger partial charge in [0.25, 0.3) is 0 Å². The van der Waals surface area contributed by atoms with Crippen LogP contribution in [0.15, 0.2) is 18.2 Å². The molecule has 138 valence electrons. The largest absolute Gasteiger partial charge is 0.454 e. The van der Waals surface area contributed by atoms with Crippen LogP contribution in [-0.4, -0.2) is 38.0 Å². The van der Waals surface area contributed by atoms with Crippen LogP contribution in [0.4, 0.5) is 0 Å². The number of ether oxygens (including phenoxy) is 3. The molecule has 0 aliphatic carbocycles. The minimum Gasteiger partial charge on any atom is -0.454 e. The molecular formula is C19H28N2O4. The van der Waals surface area contributed by atoms with Crippen LogP contribution < -0.4 is 20.1 Å². The van der Waals surface area contributed by atoms with Gasteiger partial charge in [-0.3, -0.25) is 4.79 Å². The van der Waals surface area contributed by atoms with Crippen LogP contribution in [0.2, 0.25) is 0 Å². The molecule has 2 atom stereocenters. The molecule has 2 heterocycles. The molecule has 0 unspecified atom stereocenters. The summed E-state index contributed by atoms with van der Waals surface area (Å²) in [4.78, 5) is 12.8. The fraction of sp³-hybridized carbons (Fsp3) is 0.632. The Morgan fingerprint density at radius 2 is 1.84 bits per heavy atom. The molecular weight excluding hydrogens is 320 g/mol. The molecule has 3 rings (SSSR count). The van der Waals surface area contributed by atoms with Crippen molar-refractivity contribution < 1.29 is 19.0 Å². The highest BCUT2D eigenvalue weighted by atomic mass is 16.7. The van der Waals surface area contributed by atoms with Gasteiger partial charge < -0.3 is 24.8 Å². The smallest absolute Gasteiger partial charge is 0.237 e. The van der Waals surface area contributed by atoms with Crippen LogP contribution in [0.1, 0.15) is 45.2 Å². The van der Waals surface area contributed by atoms with Gasteiger partial charge in [-0.2, -0.15) is 0 Å². The summed E-state index contributed by atoms with van der Waals surface area (Å²) in [5, 5.41) is 6.65. The van der Waals surface area contributed by atoms with Crippen molar-refractivity contribution in [1.29, 1.82) is 0 Å². The number of hydrogen-bond acceptors (Lipinski definition) is 5. The maximum absolute atomic E-state index is 12.8. The molecule has 2 N–H and O–H groups in total. The zero-order valence-electron chi connectivity index (χ0n) is 15.2. The fourth-order valence-electron chi connectivity index (χ4n) is 3.26. The van der Waals surface area contributed by atoms with Gasteiger partial charge in [0.15, 0.2) is 11.5 Å². The SMILES string of the molecule is CC(C)[C@@H](NC1CCOCC1)C(=O)N[C@H](C)c1ccc2c(c1)OCO2. The van der Waals surface area contributed by atoms with Crippen molar-refractivity contribution >= 4 is 5.91 Å². The fourth-order valence-corrected chi connectivity index (χ4v) is 3.26. The van der Waals surface area contributed by atoms with Crippen LogP contribution in [0.3, 0.4) is 0 Å². The van der Waals surface area contributed by atoms with E-state index in [4.69, 9.17) is 14.2 Å². The molecule has 25 heavy (non-hydrogen) atoms. The van der Waals surface area contributed by atoms with Gasteiger partial charge in [0.2, 0.25) is 12.7 Å². The summed E-state index contributed by atoms with van der Waals surface area (Å²) >= 11 is 0. The van der Waals surface area contributed by atoms with E-state index in [1.807, 2.05) is 25.1 Å². The van der Waals surface area contributed by atoms with Crippen molar-refractivity contribution in [2.24, 2.45) is 5.92 Å². The maximum atomic E-state index is 12.8. The molecule has 0 radical (unpaired) electrons. The second-order valence-electron chi connectivity index (χ2n) is 7.12. The summed E-state index contributed by atoms with van der Waals surface area (Å²) in [6, 6.07) is 5.82. The van der Waals surface area contributed by atoms with Crippen molar-refractivity contribution in [2.75, 3.05) is 20.0 Å². The molecule has 2 aliphatic rings. The van der Waals surface area contributed by atoms with E-state index in [1.165, 1.54) is 0 Å². The van der Waals surface area contributed by atoms with E-state index in [-0.39, 0.29) is 30.7 Å². The van der Waals surface area contributed by atoms with Gasteiger partial charge >= 0.3 is 0 Å². The Kier molecular flexibility index (Phi) is 5.81. The van der Waals surface area contributed by atoms with E-state index >= 15 is 0 Å². The predicted octanol–water partition coefficient (Wildman–Crippen LogP) is 2.39. The van der Waals surface area contributed by atoms with Crippen LogP contribution >= 0.6 is 0 Å². The summed E-state index contributed by atoms with van der Waals surface area (Å²) in [7, 11) is 0. The number of nitrogens with one attached hydrogen (secondary N) is 2. The second-order valence-corrected chi connectivity index (χ2v) is 7.12. The number of benzene rings is 1. The van der Waals surface area contributed by atoms with E-state index in [0.29, 0.717) is 6.04 Å². The Bertz CT molecular complexity index is 599. The minimum atomic E-state index is -0.209. The second kappa shape index (κ2) is 8.06. The van der Waals surface area contributed by atoms with Gasteiger partial charge in [-0.1, -0.05) is 19.9 Å². The van der Waals surface area contributed by atoms with Crippen molar-refractivity contribution in [3.63, 3.8) is 0 Å². The third-order valence-corrected chi connectivity index (χ3v) is 4.84. The van der Waals surface area contributed by atoms with Gasteiger partial charge in [-0.05, 0) is 43.4 Å². The van der Waals surface area contributed by atoms with Gasteiger partial charge in [0.05, 0.1) is 12.1 Å². The van der Waals surface area contributed by atoms with Crippen LogP contribution in [0.5, 0.6) is 11.5 Å². The molecule has 1 fully saturated rings. The summed E-state index contributed by atoms with van der Waals surface area (Å²) < 4.78 is 16.2. The van der Waals surface area contributed by atoms with Gasteiger partial charge in [-0.15, -0.1) is 0 Å². The standard InChI is InChI=1S/C19H28N2O4/c1-12(2)18(21-15-6-8-23-9-7-15)19(22)20-13(3)14-4-5-16-17(10-14)25-11-24-16/h4-5,10,12-13,15,18,21H,6-9,11H2,1-3H3,(H,20,22)/t13-,18-/m1/s1. The Hall–Kier alpha value is -1.79. The first kappa shape index (κ1) is 18.0. The third kappa shape index (κ3) is 4.44. The quantitative estimate of drug-likeness (QED) is 0.826. The van der Waals surface area contributed by atoms with Crippen molar-refractivity contribution in [3.8, 4) is 11.5 Å². The molecule has 0 saturated carbocycles. The number of rotatable bonds is 6. The molecule has 1 saturated heterocycles. The third-order valence-electron chi connectivity index (χ3n) is 4.84. The van der Waals surface area contributed by atoms with E-state index in [0.717, 1.165) is 43.1 Å². The average molecular weight is 348 g/mol.